The van der Waals surface area contributed by atoms with Gasteiger partial charge in [-0.05, 0) is 32.2 Å². The number of pyridine rings is 1. The van der Waals surface area contributed by atoms with Crippen LogP contribution in [0.2, 0.25) is 0 Å². The van der Waals surface area contributed by atoms with Crippen LogP contribution < -0.4 is 4.90 Å². The van der Waals surface area contributed by atoms with Crippen molar-refractivity contribution in [2.45, 2.75) is 38.4 Å². The highest BCUT2D eigenvalue weighted by atomic mass is 35.5. The molecule has 1 saturated heterocycles. The Morgan fingerprint density at radius 3 is 2.86 bits per heavy atom. The lowest BCUT2D eigenvalue weighted by Crippen LogP contribution is -2.52. The van der Waals surface area contributed by atoms with E-state index in [9.17, 15) is 0 Å². The number of hydrogen-bond acceptors (Lipinski definition) is 3. The standard InChI is InChI=1S/C17H21ClN2O/c1-12-10-20(11-17(2,3)21-12)16-15-7-5-4-6-13(15)8-14(9-18)19-16/h4-8,12H,9-11H2,1-3H3. The van der Waals surface area contributed by atoms with Crippen molar-refractivity contribution in [3.8, 4) is 0 Å². The van der Waals surface area contributed by atoms with E-state index < -0.39 is 0 Å². The monoisotopic (exact) mass is 304 g/mol. The Morgan fingerprint density at radius 2 is 2.14 bits per heavy atom. The van der Waals surface area contributed by atoms with E-state index in [0.717, 1.165) is 24.6 Å². The highest BCUT2D eigenvalue weighted by molar-refractivity contribution is 6.17. The van der Waals surface area contributed by atoms with Crippen LogP contribution in [0.3, 0.4) is 0 Å². The number of fused-ring (bicyclic) bond motifs is 1. The summed E-state index contributed by atoms with van der Waals surface area (Å²) >= 11 is 6.02. The van der Waals surface area contributed by atoms with Crippen LogP contribution in [-0.4, -0.2) is 29.8 Å². The molecule has 1 atom stereocenters. The van der Waals surface area contributed by atoms with E-state index in [1.807, 2.05) is 0 Å². The summed E-state index contributed by atoms with van der Waals surface area (Å²) in [4.78, 5) is 7.11. The molecule has 1 aromatic heterocycles. The van der Waals surface area contributed by atoms with Gasteiger partial charge in [-0.2, -0.15) is 0 Å². The van der Waals surface area contributed by atoms with E-state index in [0.29, 0.717) is 5.88 Å². The van der Waals surface area contributed by atoms with Crippen LogP contribution in [0.4, 0.5) is 5.82 Å². The molecule has 2 heterocycles. The van der Waals surface area contributed by atoms with E-state index >= 15 is 0 Å². The van der Waals surface area contributed by atoms with Crippen LogP contribution >= 0.6 is 11.6 Å². The topological polar surface area (TPSA) is 25.4 Å². The maximum Gasteiger partial charge on any atom is 0.136 e. The Bertz CT molecular complexity index is 656. The Labute approximate surface area is 130 Å². The average Bonchev–Trinajstić information content (AvgIpc) is 2.44. The third-order valence-corrected chi connectivity index (χ3v) is 4.05. The first-order valence-electron chi connectivity index (χ1n) is 7.36. The smallest absolute Gasteiger partial charge is 0.136 e. The molecule has 3 rings (SSSR count). The number of ether oxygens (including phenoxy) is 1. The number of benzene rings is 1. The SMILES string of the molecule is CC1CN(c2nc(CCl)cc3ccccc23)CC(C)(C)O1. The predicted octanol–water partition coefficient (Wildman–Crippen LogP) is 3.98. The van der Waals surface area contributed by atoms with Crippen molar-refractivity contribution in [3.63, 3.8) is 0 Å². The van der Waals surface area contributed by atoms with Crippen molar-refractivity contribution in [2.75, 3.05) is 18.0 Å². The lowest BCUT2D eigenvalue weighted by Gasteiger charge is -2.42. The summed E-state index contributed by atoms with van der Waals surface area (Å²) in [5.74, 6) is 1.45. The molecule has 1 fully saturated rings. The molecule has 4 heteroatoms. The minimum absolute atomic E-state index is 0.169. The van der Waals surface area contributed by atoms with E-state index in [1.54, 1.807) is 0 Å². The number of morpholine rings is 1. The van der Waals surface area contributed by atoms with Crippen molar-refractivity contribution < 1.29 is 4.74 Å². The molecule has 1 aromatic carbocycles. The Balaban J connectivity index is 2.10. The summed E-state index contributed by atoms with van der Waals surface area (Å²) < 4.78 is 6.00. The molecule has 0 amide bonds. The zero-order chi connectivity index (χ0) is 15.0. The van der Waals surface area contributed by atoms with Gasteiger partial charge in [0, 0.05) is 18.5 Å². The van der Waals surface area contributed by atoms with Gasteiger partial charge in [0.2, 0.25) is 0 Å². The largest absolute Gasteiger partial charge is 0.369 e. The van der Waals surface area contributed by atoms with Crippen molar-refractivity contribution in [3.05, 3.63) is 36.0 Å². The van der Waals surface area contributed by atoms with Gasteiger partial charge in [0.05, 0.1) is 23.3 Å². The first kappa shape index (κ1) is 14.6. The van der Waals surface area contributed by atoms with Crippen molar-refractivity contribution in [1.29, 1.82) is 0 Å². The summed E-state index contributed by atoms with van der Waals surface area (Å²) in [5.41, 5.74) is 0.750. The molecule has 0 bridgehead atoms. The highest BCUT2D eigenvalue weighted by Crippen LogP contribution is 2.31. The van der Waals surface area contributed by atoms with Gasteiger partial charge in [-0.15, -0.1) is 11.6 Å². The summed E-state index contributed by atoms with van der Waals surface area (Å²) in [5, 5.41) is 2.37. The number of halogens is 1. The normalized spacial score (nSPS) is 21.7. The quantitative estimate of drug-likeness (QED) is 0.785. The predicted molar refractivity (Wildman–Crippen MR) is 88.1 cm³/mol. The van der Waals surface area contributed by atoms with Crippen molar-refractivity contribution >= 4 is 28.2 Å². The fourth-order valence-corrected chi connectivity index (χ4v) is 3.30. The van der Waals surface area contributed by atoms with Crippen molar-refractivity contribution in [1.82, 2.24) is 4.98 Å². The molecule has 0 saturated carbocycles. The molecule has 0 radical (unpaired) electrons. The summed E-state index contributed by atoms with van der Waals surface area (Å²) in [7, 11) is 0. The molecule has 112 valence electrons. The molecule has 1 aliphatic rings. The molecule has 1 aliphatic heterocycles. The van der Waals surface area contributed by atoms with E-state index in [4.69, 9.17) is 21.3 Å². The second-order valence-electron chi connectivity index (χ2n) is 6.36. The third kappa shape index (κ3) is 2.99. The molecule has 0 spiro atoms. The van der Waals surface area contributed by atoms with E-state index in [-0.39, 0.29) is 11.7 Å². The van der Waals surface area contributed by atoms with Gasteiger partial charge in [0.25, 0.3) is 0 Å². The molecule has 21 heavy (non-hydrogen) atoms. The zero-order valence-electron chi connectivity index (χ0n) is 12.8. The van der Waals surface area contributed by atoms with Gasteiger partial charge < -0.3 is 9.64 Å². The van der Waals surface area contributed by atoms with Crippen LogP contribution in [-0.2, 0) is 10.6 Å². The fraction of sp³-hybridized carbons (Fsp3) is 0.471. The second-order valence-corrected chi connectivity index (χ2v) is 6.63. The van der Waals surface area contributed by atoms with Crippen LogP contribution in [0.5, 0.6) is 0 Å². The minimum atomic E-state index is -0.169. The van der Waals surface area contributed by atoms with Gasteiger partial charge in [-0.1, -0.05) is 24.3 Å². The highest BCUT2D eigenvalue weighted by Gasteiger charge is 2.32. The van der Waals surface area contributed by atoms with Crippen LogP contribution in [0, 0.1) is 0 Å². The number of rotatable bonds is 2. The minimum Gasteiger partial charge on any atom is -0.369 e. The number of anilines is 1. The first-order chi connectivity index (χ1) is 9.98. The fourth-order valence-electron chi connectivity index (χ4n) is 3.16. The molecule has 3 nitrogen and oxygen atoms in total. The zero-order valence-corrected chi connectivity index (χ0v) is 13.5. The van der Waals surface area contributed by atoms with Gasteiger partial charge >= 0.3 is 0 Å². The molecule has 0 aliphatic carbocycles. The first-order valence-corrected chi connectivity index (χ1v) is 7.89. The number of aromatic nitrogens is 1. The van der Waals surface area contributed by atoms with Gasteiger partial charge in [0.1, 0.15) is 5.82 Å². The lowest BCUT2D eigenvalue weighted by molar-refractivity contribution is -0.0751. The maximum atomic E-state index is 6.02. The Kier molecular flexibility index (Phi) is 3.80. The van der Waals surface area contributed by atoms with E-state index in [1.165, 1.54) is 10.8 Å². The second kappa shape index (κ2) is 5.47. The molecule has 0 N–H and O–H groups in total. The lowest BCUT2D eigenvalue weighted by atomic mass is 10.0. The van der Waals surface area contributed by atoms with Crippen LogP contribution in [0.15, 0.2) is 30.3 Å². The number of hydrogen-bond donors (Lipinski definition) is 0. The summed E-state index contributed by atoms with van der Waals surface area (Å²) in [6.45, 7) is 8.06. The van der Waals surface area contributed by atoms with Crippen LogP contribution in [0.25, 0.3) is 10.8 Å². The van der Waals surface area contributed by atoms with Gasteiger partial charge in [-0.3, -0.25) is 0 Å². The number of nitrogens with zero attached hydrogens (tertiary/aromatic N) is 2. The third-order valence-electron chi connectivity index (χ3n) is 3.78. The Hall–Kier alpha value is -1.32. The van der Waals surface area contributed by atoms with Crippen LogP contribution in [0.1, 0.15) is 26.5 Å². The van der Waals surface area contributed by atoms with Gasteiger partial charge in [-0.25, -0.2) is 4.98 Å². The maximum absolute atomic E-state index is 6.02. The summed E-state index contributed by atoms with van der Waals surface area (Å²) in [6.07, 6.45) is 0.189. The Morgan fingerprint density at radius 1 is 1.38 bits per heavy atom. The molecule has 1 unspecified atom stereocenters. The summed E-state index contributed by atoms with van der Waals surface area (Å²) in [6, 6.07) is 10.4. The average molecular weight is 305 g/mol. The van der Waals surface area contributed by atoms with Gasteiger partial charge in [0.15, 0.2) is 0 Å². The number of alkyl halides is 1. The van der Waals surface area contributed by atoms with Crippen molar-refractivity contribution in [2.24, 2.45) is 0 Å². The van der Waals surface area contributed by atoms with E-state index in [2.05, 4.69) is 56.0 Å². The molecule has 2 aromatic rings. The molecular weight excluding hydrogens is 284 g/mol. The molecular formula is C17H21ClN2O.